The van der Waals surface area contributed by atoms with Crippen LogP contribution in [0, 0.1) is 6.92 Å². The van der Waals surface area contributed by atoms with E-state index >= 15 is 0 Å². The van der Waals surface area contributed by atoms with E-state index in [0.29, 0.717) is 17.8 Å². The molecule has 0 saturated carbocycles. The fourth-order valence-electron chi connectivity index (χ4n) is 1.87. The predicted molar refractivity (Wildman–Crippen MR) is 66.1 cm³/mol. The van der Waals surface area contributed by atoms with Gasteiger partial charge >= 0.3 is 5.69 Å². The van der Waals surface area contributed by atoms with E-state index < -0.39 is 0 Å². The number of rotatable bonds is 2. The highest BCUT2D eigenvalue weighted by Gasteiger charge is 2.13. The van der Waals surface area contributed by atoms with Crippen molar-refractivity contribution in [3.8, 4) is 5.88 Å². The van der Waals surface area contributed by atoms with Crippen molar-refractivity contribution in [1.29, 1.82) is 0 Å². The van der Waals surface area contributed by atoms with Crippen LogP contribution in [-0.2, 0) is 13.5 Å². The van der Waals surface area contributed by atoms with Crippen molar-refractivity contribution >= 4 is 5.69 Å². The number of aromatic amines is 1. The SMILES string of the molecule is Cc1cccc(N)c1Cc1c(O)[nH]c(=O)n1C. The molecule has 0 amide bonds. The summed E-state index contributed by atoms with van der Waals surface area (Å²) in [6, 6.07) is 5.64. The molecule has 5 nitrogen and oxygen atoms in total. The molecule has 2 rings (SSSR count). The summed E-state index contributed by atoms with van der Waals surface area (Å²) in [6.45, 7) is 1.95. The average Bonchev–Trinajstić information content (AvgIpc) is 2.49. The highest BCUT2D eigenvalue weighted by atomic mass is 16.3. The molecule has 0 atom stereocenters. The zero-order valence-electron chi connectivity index (χ0n) is 9.82. The number of anilines is 1. The fraction of sp³-hybridized carbons (Fsp3) is 0.250. The van der Waals surface area contributed by atoms with E-state index in [1.807, 2.05) is 25.1 Å². The lowest BCUT2D eigenvalue weighted by atomic mass is 10.0. The van der Waals surface area contributed by atoms with E-state index in [1.54, 1.807) is 7.05 Å². The normalized spacial score (nSPS) is 10.7. The number of hydrogen-bond donors (Lipinski definition) is 3. The van der Waals surface area contributed by atoms with Gasteiger partial charge in [-0.3, -0.25) is 9.55 Å². The lowest BCUT2D eigenvalue weighted by molar-refractivity contribution is 0.448. The molecule has 2 aromatic rings. The van der Waals surface area contributed by atoms with Gasteiger partial charge in [0.1, 0.15) is 0 Å². The van der Waals surface area contributed by atoms with Crippen LogP contribution >= 0.6 is 0 Å². The van der Waals surface area contributed by atoms with Crippen LogP contribution < -0.4 is 11.4 Å². The predicted octanol–water partition coefficient (Wildman–Crippen LogP) is 0.900. The Labute approximate surface area is 98.5 Å². The summed E-state index contributed by atoms with van der Waals surface area (Å²) in [5.41, 5.74) is 8.74. The summed E-state index contributed by atoms with van der Waals surface area (Å²) in [5, 5.41) is 9.64. The third-order valence-electron chi connectivity index (χ3n) is 3.00. The van der Waals surface area contributed by atoms with Gasteiger partial charge in [-0.05, 0) is 24.1 Å². The zero-order chi connectivity index (χ0) is 12.6. The monoisotopic (exact) mass is 233 g/mol. The van der Waals surface area contributed by atoms with Gasteiger partial charge in [-0.1, -0.05) is 12.1 Å². The summed E-state index contributed by atoms with van der Waals surface area (Å²) in [5.74, 6) is -0.0971. The van der Waals surface area contributed by atoms with Crippen LogP contribution in [0.25, 0.3) is 0 Å². The summed E-state index contributed by atoms with van der Waals surface area (Å²) < 4.78 is 1.39. The maximum atomic E-state index is 11.3. The summed E-state index contributed by atoms with van der Waals surface area (Å²) >= 11 is 0. The number of nitrogen functional groups attached to an aromatic ring is 1. The van der Waals surface area contributed by atoms with Gasteiger partial charge in [0.05, 0.1) is 5.69 Å². The largest absolute Gasteiger partial charge is 0.493 e. The van der Waals surface area contributed by atoms with E-state index in [-0.39, 0.29) is 11.6 Å². The van der Waals surface area contributed by atoms with E-state index in [2.05, 4.69) is 4.98 Å². The minimum atomic E-state index is -0.329. The number of aromatic nitrogens is 2. The van der Waals surface area contributed by atoms with Crippen molar-refractivity contribution < 1.29 is 5.11 Å². The molecule has 1 heterocycles. The second kappa shape index (κ2) is 4.01. The minimum absolute atomic E-state index is 0.0971. The third-order valence-corrected chi connectivity index (χ3v) is 3.00. The second-order valence-corrected chi connectivity index (χ2v) is 4.10. The Bertz CT molecular complexity index is 590. The standard InChI is InChI=1S/C12H15N3O2/c1-7-4-3-5-9(13)8(7)6-10-11(16)14-12(17)15(10)2/h3-5,16H,6,13H2,1-2H3,(H,14,17). The molecular formula is C12H15N3O2. The van der Waals surface area contributed by atoms with Gasteiger partial charge in [0.2, 0.25) is 5.88 Å². The van der Waals surface area contributed by atoms with Crippen LogP contribution in [0.4, 0.5) is 5.69 Å². The number of aromatic hydroxyl groups is 1. The molecule has 90 valence electrons. The molecule has 0 unspecified atom stereocenters. The van der Waals surface area contributed by atoms with Crippen LogP contribution in [0.15, 0.2) is 23.0 Å². The number of H-pyrrole nitrogens is 1. The molecule has 0 aliphatic heterocycles. The molecule has 17 heavy (non-hydrogen) atoms. The van der Waals surface area contributed by atoms with E-state index in [9.17, 15) is 9.90 Å². The van der Waals surface area contributed by atoms with Gasteiger partial charge in [0, 0.05) is 19.2 Å². The molecular weight excluding hydrogens is 218 g/mol. The maximum Gasteiger partial charge on any atom is 0.328 e. The molecule has 0 fully saturated rings. The van der Waals surface area contributed by atoms with E-state index in [4.69, 9.17) is 5.73 Å². The van der Waals surface area contributed by atoms with Crippen molar-refractivity contribution in [3.63, 3.8) is 0 Å². The van der Waals surface area contributed by atoms with Crippen LogP contribution in [-0.4, -0.2) is 14.7 Å². The molecule has 0 bridgehead atoms. The highest BCUT2D eigenvalue weighted by molar-refractivity contribution is 5.52. The number of hydrogen-bond acceptors (Lipinski definition) is 3. The Balaban J connectivity index is 2.48. The van der Waals surface area contributed by atoms with Crippen LogP contribution in [0.1, 0.15) is 16.8 Å². The molecule has 4 N–H and O–H groups in total. The Morgan fingerprint density at radius 1 is 1.47 bits per heavy atom. The lowest BCUT2D eigenvalue weighted by Gasteiger charge is -2.09. The molecule has 0 radical (unpaired) electrons. The molecule has 0 spiro atoms. The smallest absolute Gasteiger partial charge is 0.328 e. The second-order valence-electron chi connectivity index (χ2n) is 4.10. The van der Waals surface area contributed by atoms with Crippen LogP contribution in [0.2, 0.25) is 0 Å². The molecule has 1 aromatic carbocycles. The number of nitrogens with two attached hydrogens (primary N) is 1. The minimum Gasteiger partial charge on any atom is -0.493 e. The quantitative estimate of drug-likeness (QED) is 0.674. The van der Waals surface area contributed by atoms with Crippen molar-refractivity contribution in [2.24, 2.45) is 7.05 Å². The average molecular weight is 233 g/mol. The van der Waals surface area contributed by atoms with Crippen LogP contribution in [0.5, 0.6) is 5.88 Å². The summed E-state index contributed by atoms with van der Waals surface area (Å²) in [6.07, 6.45) is 0.430. The number of benzene rings is 1. The van der Waals surface area contributed by atoms with Gasteiger partial charge in [-0.2, -0.15) is 0 Å². The molecule has 0 aliphatic carbocycles. The summed E-state index contributed by atoms with van der Waals surface area (Å²) in [7, 11) is 1.61. The number of nitrogens with zero attached hydrogens (tertiary/aromatic N) is 1. The Hall–Kier alpha value is -2.17. The van der Waals surface area contributed by atoms with Gasteiger partial charge < -0.3 is 10.8 Å². The fourth-order valence-corrected chi connectivity index (χ4v) is 1.87. The van der Waals surface area contributed by atoms with E-state index in [0.717, 1.165) is 11.1 Å². The van der Waals surface area contributed by atoms with Crippen molar-refractivity contribution in [1.82, 2.24) is 9.55 Å². The number of nitrogens with one attached hydrogen (secondary N) is 1. The van der Waals surface area contributed by atoms with Crippen LogP contribution in [0.3, 0.4) is 0 Å². The first-order chi connectivity index (χ1) is 8.00. The van der Waals surface area contributed by atoms with E-state index in [1.165, 1.54) is 4.57 Å². The van der Waals surface area contributed by atoms with Gasteiger partial charge in [-0.15, -0.1) is 0 Å². The summed E-state index contributed by atoms with van der Waals surface area (Å²) in [4.78, 5) is 13.7. The Morgan fingerprint density at radius 3 is 2.71 bits per heavy atom. The topological polar surface area (TPSA) is 84.0 Å². The maximum absolute atomic E-state index is 11.3. The molecule has 5 heteroatoms. The Kier molecular flexibility index (Phi) is 2.67. The van der Waals surface area contributed by atoms with Gasteiger partial charge in [0.15, 0.2) is 0 Å². The Morgan fingerprint density at radius 2 is 2.18 bits per heavy atom. The first kappa shape index (κ1) is 11.3. The van der Waals surface area contributed by atoms with Gasteiger partial charge in [0.25, 0.3) is 0 Å². The van der Waals surface area contributed by atoms with Crippen molar-refractivity contribution in [2.45, 2.75) is 13.3 Å². The molecule has 0 aliphatic rings. The first-order valence-corrected chi connectivity index (χ1v) is 5.31. The van der Waals surface area contributed by atoms with Crippen molar-refractivity contribution in [2.75, 3.05) is 5.73 Å². The lowest BCUT2D eigenvalue weighted by Crippen LogP contribution is -2.15. The number of aryl methyl sites for hydroxylation is 1. The highest BCUT2D eigenvalue weighted by Crippen LogP contribution is 2.22. The molecule has 0 saturated heterocycles. The first-order valence-electron chi connectivity index (χ1n) is 5.31. The van der Waals surface area contributed by atoms with Gasteiger partial charge in [-0.25, -0.2) is 4.79 Å². The van der Waals surface area contributed by atoms with Crippen molar-refractivity contribution in [3.05, 3.63) is 45.5 Å². The zero-order valence-corrected chi connectivity index (χ0v) is 9.82. The number of imidazole rings is 1. The molecule has 1 aromatic heterocycles. The third kappa shape index (κ3) is 1.91.